The molecule has 3 aliphatic rings. The van der Waals surface area contributed by atoms with E-state index in [0.717, 1.165) is 66.6 Å². The third kappa shape index (κ3) is 3.01. The number of nitrogens with zero attached hydrogens (tertiary/aromatic N) is 3. The Morgan fingerprint density at radius 2 is 2.14 bits per heavy atom. The van der Waals surface area contributed by atoms with E-state index in [1.165, 1.54) is 25.7 Å². The molecule has 2 atom stereocenters. The zero-order valence-corrected chi connectivity index (χ0v) is 16.6. The van der Waals surface area contributed by atoms with Gasteiger partial charge in [0.1, 0.15) is 0 Å². The minimum atomic E-state index is -0.00799. The average Bonchev–Trinajstić information content (AvgIpc) is 3.09. The van der Waals surface area contributed by atoms with Crippen molar-refractivity contribution in [3.05, 3.63) is 58.1 Å². The number of benzene rings is 1. The summed E-state index contributed by atoms with van der Waals surface area (Å²) in [4.78, 5) is 22.8. The molecule has 6 heteroatoms. The van der Waals surface area contributed by atoms with Crippen molar-refractivity contribution >= 4 is 10.8 Å². The van der Waals surface area contributed by atoms with E-state index in [-0.39, 0.29) is 11.0 Å². The lowest BCUT2D eigenvalue weighted by Gasteiger charge is -2.24. The van der Waals surface area contributed by atoms with Crippen LogP contribution in [0, 0.1) is 11.8 Å². The van der Waals surface area contributed by atoms with Crippen LogP contribution in [-0.2, 0) is 18.4 Å². The summed E-state index contributed by atoms with van der Waals surface area (Å²) in [5.41, 5.74) is 0.962. The van der Waals surface area contributed by atoms with E-state index in [0.29, 0.717) is 5.92 Å². The van der Waals surface area contributed by atoms with Gasteiger partial charge >= 0.3 is 0 Å². The first kappa shape index (κ1) is 17.4. The SMILES string of the molecule is O=c1[nH]c(CN2C[C@H]3CCC[C@@]3(c3nc(CC4CC4)no3)C2)cc2ccccc12. The fraction of sp³-hybridized carbons (Fsp3) is 0.522. The van der Waals surface area contributed by atoms with Gasteiger partial charge in [-0.1, -0.05) is 29.8 Å². The van der Waals surface area contributed by atoms with Crippen molar-refractivity contribution in [3.8, 4) is 0 Å². The number of hydrogen-bond acceptors (Lipinski definition) is 5. The van der Waals surface area contributed by atoms with Crippen LogP contribution in [0.25, 0.3) is 10.8 Å². The van der Waals surface area contributed by atoms with Crippen LogP contribution in [0.2, 0.25) is 0 Å². The number of fused-ring (bicyclic) bond motifs is 2. The van der Waals surface area contributed by atoms with Crippen LogP contribution in [0.4, 0.5) is 0 Å². The zero-order chi connectivity index (χ0) is 19.4. The van der Waals surface area contributed by atoms with E-state index in [4.69, 9.17) is 9.51 Å². The van der Waals surface area contributed by atoms with Crippen molar-refractivity contribution in [2.24, 2.45) is 11.8 Å². The molecule has 150 valence electrons. The maximum atomic E-state index is 12.4. The average molecular weight is 390 g/mol. The molecular formula is C23H26N4O2. The van der Waals surface area contributed by atoms with Crippen molar-refractivity contribution in [3.63, 3.8) is 0 Å². The van der Waals surface area contributed by atoms with Gasteiger partial charge in [0.2, 0.25) is 5.89 Å². The van der Waals surface area contributed by atoms with Crippen LogP contribution in [-0.4, -0.2) is 33.1 Å². The molecule has 0 amide bonds. The molecule has 29 heavy (non-hydrogen) atoms. The maximum Gasteiger partial charge on any atom is 0.256 e. The summed E-state index contributed by atoms with van der Waals surface area (Å²) in [5, 5.41) is 6.05. The summed E-state index contributed by atoms with van der Waals surface area (Å²) in [7, 11) is 0. The lowest BCUT2D eigenvalue weighted by atomic mass is 9.80. The summed E-state index contributed by atoms with van der Waals surface area (Å²) in [6, 6.07) is 9.88. The van der Waals surface area contributed by atoms with Gasteiger partial charge < -0.3 is 9.51 Å². The summed E-state index contributed by atoms with van der Waals surface area (Å²) in [5.74, 6) is 3.07. The quantitative estimate of drug-likeness (QED) is 0.723. The molecule has 2 aliphatic carbocycles. The molecule has 0 spiro atoms. The topological polar surface area (TPSA) is 75.0 Å². The molecule has 3 heterocycles. The maximum absolute atomic E-state index is 12.4. The van der Waals surface area contributed by atoms with Gasteiger partial charge in [0.15, 0.2) is 5.82 Å². The molecule has 2 saturated carbocycles. The smallest absolute Gasteiger partial charge is 0.256 e. The second-order valence-corrected chi connectivity index (χ2v) is 9.29. The molecule has 6 nitrogen and oxygen atoms in total. The zero-order valence-electron chi connectivity index (χ0n) is 16.6. The van der Waals surface area contributed by atoms with Crippen LogP contribution in [0.5, 0.6) is 0 Å². The largest absolute Gasteiger partial charge is 0.339 e. The van der Waals surface area contributed by atoms with Crippen molar-refractivity contribution < 1.29 is 4.52 Å². The van der Waals surface area contributed by atoms with Crippen LogP contribution < -0.4 is 5.56 Å². The predicted octanol–water partition coefficient (Wildman–Crippen LogP) is 3.42. The third-order valence-corrected chi connectivity index (χ3v) is 7.21. The van der Waals surface area contributed by atoms with E-state index in [9.17, 15) is 4.79 Å². The summed E-state index contributed by atoms with van der Waals surface area (Å²) in [6.45, 7) is 2.70. The molecule has 0 unspecified atom stereocenters. The second-order valence-electron chi connectivity index (χ2n) is 9.29. The molecule has 0 radical (unpaired) electrons. The number of likely N-dealkylation sites (tertiary alicyclic amines) is 1. The molecule has 2 aromatic heterocycles. The highest BCUT2D eigenvalue weighted by molar-refractivity contribution is 5.81. The molecule has 1 N–H and O–H groups in total. The first-order valence-electron chi connectivity index (χ1n) is 10.9. The molecular weight excluding hydrogens is 364 g/mol. The van der Waals surface area contributed by atoms with Gasteiger partial charge in [0, 0.05) is 37.1 Å². The van der Waals surface area contributed by atoms with Crippen molar-refractivity contribution in [2.45, 2.75) is 50.5 Å². The predicted molar refractivity (Wildman–Crippen MR) is 110 cm³/mol. The number of nitrogens with one attached hydrogen (secondary N) is 1. The number of rotatable bonds is 5. The van der Waals surface area contributed by atoms with Crippen LogP contribution in [0.3, 0.4) is 0 Å². The minimum Gasteiger partial charge on any atom is -0.339 e. The minimum absolute atomic E-state index is 0.00572. The number of pyridine rings is 1. The van der Waals surface area contributed by atoms with Crippen molar-refractivity contribution in [1.29, 1.82) is 0 Å². The Kier molecular flexibility index (Phi) is 3.91. The first-order chi connectivity index (χ1) is 14.2. The van der Waals surface area contributed by atoms with E-state index in [2.05, 4.69) is 21.1 Å². The Labute approximate surface area is 169 Å². The van der Waals surface area contributed by atoms with Crippen LogP contribution in [0.15, 0.2) is 39.6 Å². The molecule has 1 aromatic carbocycles. The standard InChI is InChI=1S/C23H26N4O2/c28-21-19-6-2-1-4-16(19)11-18(24-21)13-27-12-17-5-3-9-23(17,14-27)22-25-20(26-29-22)10-15-7-8-15/h1-2,4,6,11,15,17H,3,5,7-10,12-14H2,(H,24,28)/t17-,23-/m1/s1. The van der Waals surface area contributed by atoms with E-state index < -0.39 is 0 Å². The highest BCUT2D eigenvalue weighted by atomic mass is 16.5. The Morgan fingerprint density at radius 1 is 1.24 bits per heavy atom. The normalized spacial score (nSPS) is 27.0. The fourth-order valence-corrected chi connectivity index (χ4v) is 5.58. The van der Waals surface area contributed by atoms with E-state index >= 15 is 0 Å². The second kappa shape index (κ2) is 6.52. The number of aromatic nitrogens is 3. The molecule has 0 bridgehead atoms. The lowest BCUT2D eigenvalue weighted by molar-refractivity contribution is 0.243. The van der Waals surface area contributed by atoms with Crippen molar-refractivity contribution in [2.75, 3.05) is 13.1 Å². The van der Waals surface area contributed by atoms with Gasteiger partial charge in [-0.2, -0.15) is 4.98 Å². The molecule has 1 saturated heterocycles. The number of hydrogen-bond donors (Lipinski definition) is 1. The molecule has 6 rings (SSSR count). The van der Waals surface area contributed by atoms with Gasteiger partial charge in [-0.05, 0) is 55.0 Å². The van der Waals surface area contributed by atoms with Crippen LogP contribution >= 0.6 is 0 Å². The molecule has 1 aliphatic heterocycles. The molecule has 3 aromatic rings. The van der Waals surface area contributed by atoms with Gasteiger partial charge in [-0.3, -0.25) is 9.69 Å². The van der Waals surface area contributed by atoms with Crippen molar-refractivity contribution in [1.82, 2.24) is 20.0 Å². The first-order valence-corrected chi connectivity index (χ1v) is 10.9. The lowest BCUT2D eigenvalue weighted by Crippen LogP contribution is -2.32. The summed E-state index contributed by atoms with van der Waals surface area (Å²) < 4.78 is 5.81. The molecule has 3 fully saturated rings. The van der Waals surface area contributed by atoms with E-state index in [1.807, 2.05) is 24.3 Å². The fourth-order valence-electron chi connectivity index (χ4n) is 5.58. The third-order valence-electron chi connectivity index (χ3n) is 7.21. The number of aromatic amines is 1. The summed E-state index contributed by atoms with van der Waals surface area (Å²) >= 11 is 0. The number of H-pyrrole nitrogens is 1. The Balaban J connectivity index is 1.25. The van der Waals surface area contributed by atoms with E-state index in [1.54, 1.807) is 0 Å². The Bertz CT molecular complexity index is 1120. The van der Waals surface area contributed by atoms with Gasteiger partial charge in [0.25, 0.3) is 5.56 Å². The highest BCUT2D eigenvalue weighted by Gasteiger charge is 2.54. The van der Waals surface area contributed by atoms with Gasteiger partial charge in [-0.15, -0.1) is 0 Å². The highest BCUT2D eigenvalue weighted by Crippen LogP contribution is 2.50. The Hall–Kier alpha value is -2.47. The van der Waals surface area contributed by atoms with Crippen LogP contribution in [0.1, 0.15) is 49.5 Å². The van der Waals surface area contributed by atoms with Gasteiger partial charge in [-0.25, -0.2) is 0 Å². The Morgan fingerprint density at radius 3 is 3.03 bits per heavy atom. The summed E-state index contributed by atoms with van der Waals surface area (Å²) in [6.07, 6.45) is 7.13. The van der Waals surface area contributed by atoms with Gasteiger partial charge in [0.05, 0.1) is 5.41 Å². The monoisotopic (exact) mass is 390 g/mol.